The van der Waals surface area contributed by atoms with Gasteiger partial charge in [-0.2, -0.15) is 0 Å². The molecular weight excluding hydrogens is 496 g/mol. The molecular formula is C27H27BrN2O4. The molecule has 0 aliphatic heterocycles. The number of aryl methyl sites for hydroxylation is 1. The molecule has 0 aliphatic rings. The normalized spacial score (nSPS) is 11.6. The van der Waals surface area contributed by atoms with E-state index in [2.05, 4.69) is 27.3 Å². The maximum absolute atomic E-state index is 12.7. The van der Waals surface area contributed by atoms with E-state index in [-0.39, 0.29) is 18.4 Å². The number of halogens is 1. The summed E-state index contributed by atoms with van der Waals surface area (Å²) < 4.78 is 5.13. The molecule has 7 heteroatoms. The Morgan fingerprint density at radius 1 is 0.941 bits per heavy atom. The van der Waals surface area contributed by atoms with Crippen molar-refractivity contribution in [2.24, 2.45) is 5.73 Å². The summed E-state index contributed by atoms with van der Waals surface area (Å²) in [4.78, 5) is 36.6. The van der Waals surface area contributed by atoms with Crippen LogP contribution in [0.15, 0.2) is 72.8 Å². The van der Waals surface area contributed by atoms with Gasteiger partial charge in [0.15, 0.2) is 0 Å². The second-order valence-corrected chi connectivity index (χ2v) is 8.61. The minimum Gasteiger partial charge on any atom is -0.388 e. The Kier molecular flexibility index (Phi) is 9.13. The van der Waals surface area contributed by atoms with E-state index in [0.29, 0.717) is 6.54 Å². The van der Waals surface area contributed by atoms with E-state index in [0.717, 1.165) is 33.1 Å². The molecule has 3 N–H and O–H groups in total. The number of hydrogen-bond acceptors (Lipinski definition) is 5. The molecule has 0 radical (unpaired) electrons. The topological polar surface area (TPSA) is 98.5 Å². The van der Waals surface area contributed by atoms with E-state index in [1.54, 1.807) is 12.1 Å². The van der Waals surface area contributed by atoms with Gasteiger partial charge in [-0.05, 0) is 47.7 Å². The average molecular weight is 523 g/mol. The standard InChI is InChI=1S/C27H27BrN2O4/c1-18-4-2-6-20(14-18)17-30-24(12-13-25(29)31)27(33)34-26(32)22-10-8-21(9-11-22)23-7-3-5-19(15-23)16-28/h2-11,14-15,24,30H,12-13,16-17H2,1H3,(H2,29,31)/t24-/m0/s1. The van der Waals surface area contributed by atoms with Crippen molar-refractivity contribution in [1.82, 2.24) is 5.32 Å². The number of alkyl halides is 1. The molecule has 0 spiro atoms. The molecule has 0 saturated heterocycles. The summed E-state index contributed by atoms with van der Waals surface area (Å²) in [7, 11) is 0. The van der Waals surface area contributed by atoms with E-state index in [1.807, 2.05) is 61.5 Å². The number of rotatable bonds is 10. The lowest BCUT2D eigenvalue weighted by Gasteiger charge is -2.17. The molecule has 3 aromatic rings. The van der Waals surface area contributed by atoms with Crippen LogP contribution in [0.3, 0.4) is 0 Å². The fourth-order valence-electron chi connectivity index (χ4n) is 3.51. The van der Waals surface area contributed by atoms with Crippen molar-refractivity contribution in [1.29, 1.82) is 0 Å². The van der Waals surface area contributed by atoms with Gasteiger partial charge in [0.2, 0.25) is 5.91 Å². The van der Waals surface area contributed by atoms with E-state index >= 15 is 0 Å². The van der Waals surface area contributed by atoms with Gasteiger partial charge in [0.25, 0.3) is 0 Å². The highest BCUT2D eigenvalue weighted by Crippen LogP contribution is 2.22. The summed E-state index contributed by atoms with van der Waals surface area (Å²) in [6.45, 7) is 2.36. The van der Waals surface area contributed by atoms with Gasteiger partial charge in [-0.15, -0.1) is 0 Å². The third kappa shape index (κ3) is 7.37. The second kappa shape index (κ2) is 12.3. The average Bonchev–Trinajstić information content (AvgIpc) is 2.84. The molecule has 0 fully saturated rings. The third-order valence-electron chi connectivity index (χ3n) is 5.33. The molecule has 0 saturated carbocycles. The van der Waals surface area contributed by atoms with Crippen LogP contribution in [0, 0.1) is 6.92 Å². The SMILES string of the molecule is Cc1cccc(CN[C@@H](CCC(N)=O)C(=O)OC(=O)c2ccc(-c3cccc(CBr)c3)cc2)c1. The number of hydrogen-bond donors (Lipinski definition) is 2. The van der Waals surface area contributed by atoms with Crippen LogP contribution < -0.4 is 11.1 Å². The van der Waals surface area contributed by atoms with Crippen molar-refractivity contribution < 1.29 is 19.1 Å². The Morgan fingerprint density at radius 2 is 1.65 bits per heavy atom. The monoisotopic (exact) mass is 522 g/mol. The van der Waals surface area contributed by atoms with Crippen LogP contribution in [-0.2, 0) is 26.2 Å². The van der Waals surface area contributed by atoms with E-state index in [9.17, 15) is 14.4 Å². The molecule has 0 heterocycles. The zero-order valence-electron chi connectivity index (χ0n) is 18.9. The molecule has 0 unspecified atom stereocenters. The largest absolute Gasteiger partial charge is 0.388 e. The number of nitrogens with one attached hydrogen (secondary N) is 1. The van der Waals surface area contributed by atoms with Crippen molar-refractivity contribution in [2.45, 2.75) is 37.7 Å². The second-order valence-electron chi connectivity index (χ2n) is 8.05. The van der Waals surface area contributed by atoms with Gasteiger partial charge < -0.3 is 15.8 Å². The van der Waals surface area contributed by atoms with Crippen molar-refractivity contribution in [3.05, 3.63) is 95.1 Å². The molecule has 1 amide bonds. The molecule has 3 rings (SSSR count). The van der Waals surface area contributed by atoms with E-state index < -0.39 is 23.9 Å². The van der Waals surface area contributed by atoms with Crippen LogP contribution in [0.2, 0.25) is 0 Å². The quantitative estimate of drug-likeness (QED) is 0.229. The minimum absolute atomic E-state index is 0.00304. The van der Waals surface area contributed by atoms with E-state index in [4.69, 9.17) is 10.5 Å². The van der Waals surface area contributed by atoms with Gasteiger partial charge in [0, 0.05) is 18.3 Å². The van der Waals surface area contributed by atoms with Crippen LogP contribution in [-0.4, -0.2) is 23.9 Å². The van der Waals surface area contributed by atoms with Crippen molar-refractivity contribution in [2.75, 3.05) is 0 Å². The summed E-state index contributed by atoms with van der Waals surface area (Å²) in [6.07, 6.45) is 0.132. The third-order valence-corrected chi connectivity index (χ3v) is 5.97. The summed E-state index contributed by atoms with van der Waals surface area (Å²) in [5.74, 6) is -2.01. The van der Waals surface area contributed by atoms with Crippen LogP contribution >= 0.6 is 15.9 Å². The first-order chi connectivity index (χ1) is 16.4. The highest BCUT2D eigenvalue weighted by Gasteiger charge is 2.24. The van der Waals surface area contributed by atoms with Crippen LogP contribution in [0.25, 0.3) is 11.1 Å². The highest BCUT2D eigenvalue weighted by atomic mass is 79.9. The fourth-order valence-corrected chi connectivity index (χ4v) is 3.86. The molecule has 6 nitrogen and oxygen atoms in total. The first-order valence-electron chi connectivity index (χ1n) is 10.9. The number of nitrogens with two attached hydrogens (primary N) is 1. The van der Waals surface area contributed by atoms with Gasteiger partial charge >= 0.3 is 11.9 Å². The number of benzene rings is 3. The first-order valence-corrected chi connectivity index (χ1v) is 12.1. The van der Waals surface area contributed by atoms with Gasteiger partial charge in [0.05, 0.1) is 5.56 Å². The number of amides is 1. The number of carbonyl (C=O) groups is 3. The molecule has 1 atom stereocenters. The maximum atomic E-state index is 12.7. The zero-order chi connectivity index (χ0) is 24.5. The number of carbonyl (C=O) groups excluding carboxylic acids is 3. The first kappa shape index (κ1) is 25.3. The number of esters is 2. The smallest absolute Gasteiger partial charge is 0.345 e. The Labute approximate surface area is 207 Å². The Morgan fingerprint density at radius 3 is 2.32 bits per heavy atom. The summed E-state index contributed by atoms with van der Waals surface area (Å²) in [6, 6.07) is 21.9. The fraction of sp³-hybridized carbons (Fsp3) is 0.222. The minimum atomic E-state index is -0.844. The summed E-state index contributed by atoms with van der Waals surface area (Å²) in [5, 5.41) is 3.83. The van der Waals surface area contributed by atoms with Crippen molar-refractivity contribution in [3.63, 3.8) is 0 Å². The Hall–Kier alpha value is -3.29. The predicted octanol–water partition coefficient (Wildman–Crippen LogP) is 4.66. The number of primary amides is 1. The summed E-state index contributed by atoms with van der Waals surface area (Å²) >= 11 is 3.45. The van der Waals surface area contributed by atoms with Crippen LogP contribution in [0.1, 0.15) is 39.9 Å². The Balaban J connectivity index is 1.66. The van der Waals surface area contributed by atoms with Gasteiger partial charge in [-0.1, -0.05) is 82.2 Å². The molecule has 176 valence electrons. The molecule has 34 heavy (non-hydrogen) atoms. The lowest BCUT2D eigenvalue weighted by molar-refractivity contribution is -0.140. The summed E-state index contributed by atoms with van der Waals surface area (Å²) in [5.41, 5.74) is 10.7. The van der Waals surface area contributed by atoms with Gasteiger partial charge in [0.1, 0.15) is 6.04 Å². The molecule has 0 aromatic heterocycles. The van der Waals surface area contributed by atoms with Crippen molar-refractivity contribution in [3.8, 4) is 11.1 Å². The highest BCUT2D eigenvalue weighted by molar-refractivity contribution is 9.08. The maximum Gasteiger partial charge on any atom is 0.345 e. The Bertz CT molecular complexity index is 1160. The van der Waals surface area contributed by atoms with Crippen LogP contribution in [0.4, 0.5) is 0 Å². The van der Waals surface area contributed by atoms with Gasteiger partial charge in [-0.25, -0.2) is 9.59 Å². The molecule has 3 aromatic carbocycles. The zero-order valence-corrected chi connectivity index (χ0v) is 20.5. The van der Waals surface area contributed by atoms with Crippen molar-refractivity contribution >= 4 is 33.8 Å². The number of ether oxygens (including phenoxy) is 1. The lowest BCUT2D eigenvalue weighted by atomic mass is 10.0. The van der Waals surface area contributed by atoms with E-state index in [1.165, 1.54) is 0 Å². The lowest BCUT2D eigenvalue weighted by Crippen LogP contribution is -2.39. The van der Waals surface area contributed by atoms with Crippen LogP contribution in [0.5, 0.6) is 0 Å². The van der Waals surface area contributed by atoms with Gasteiger partial charge in [-0.3, -0.25) is 4.79 Å². The molecule has 0 bridgehead atoms. The molecule has 0 aliphatic carbocycles. The predicted molar refractivity (Wildman–Crippen MR) is 135 cm³/mol.